The quantitative estimate of drug-likeness (QED) is 0.310. The van der Waals surface area contributed by atoms with E-state index in [4.69, 9.17) is 0 Å². The van der Waals surface area contributed by atoms with Gasteiger partial charge < -0.3 is 25.0 Å². The number of carbonyl (C=O) groups excluding carboxylic acids is 1. The van der Waals surface area contributed by atoms with Crippen LogP contribution in [0.1, 0.15) is 12.8 Å². The first-order chi connectivity index (χ1) is 16.2. The molecule has 3 heterocycles. The maximum Gasteiger partial charge on any atom is 0.225 e. The minimum atomic E-state index is 0.158. The van der Waals surface area contributed by atoms with Crippen LogP contribution in [0.2, 0.25) is 0 Å². The molecule has 0 atom stereocenters. The molecule has 9 nitrogen and oxygen atoms in total. The first-order valence-corrected chi connectivity index (χ1v) is 11.5. The highest BCUT2D eigenvalue weighted by molar-refractivity contribution is 5.81. The highest BCUT2D eigenvalue weighted by Crippen LogP contribution is 2.15. The van der Waals surface area contributed by atoms with Crippen LogP contribution in [0.3, 0.4) is 0 Å². The zero-order valence-corrected chi connectivity index (χ0v) is 19.2. The molecule has 0 bridgehead atoms. The van der Waals surface area contributed by atoms with E-state index in [-0.39, 0.29) is 5.91 Å². The number of fused-ring (bicyclic) bond motifs is 1. The number of hydrogen-bond donors (Lipinski definition) is 2. The number of carbonyl (C=O) groups is 1. The van der Waals surface area contributed by atoms with Gasteiger partial charge in [-0.15, -0.1) is 0 Å². The summed E-state index contributed by atoms with van der Waals surface area (Å²) in [6.45, 7) is 5.20. The third-order valence-electron chi connectivity index (χ3n) is 5.87. The second-order valence-corrected chi connectivity index (χ2v) is 8.01. The fourth-order valence-electron chi connectivity index (χ4n) is 4.07. The van der Waals surface area contributed by atoms with Crippen LogP contribution in [-0.4, -0.2) is 77.6 Å². The average Bonchev–Trinajstić information content (AvgIpc) is 3.29. The zero-order valence-electron chi connectivity index (χ0n) is 19.2. The van der Waals surface area contributed by atoms with Crippen molar-refractivity contribution in [3.8, 4) is 0 Å². The Morgan fingerprint density at radius 2 is 1.76 bits per heavy atom. The second-order valence-electron chi connectivity index (χ2n) is 8.01. The van der Waals surface area contributed by atoms with E-state index in [1.807, 2.05) is 11.0 Å². The number of aliphatic imine (C=N–C) groups is 1. The Hall–Kier alpha value is -3.62. The number of amides is 1. The molecule has 1 aliphatic heterocycles. The number of nitrogens with one attached hydrogen (secondary N) is 2. The molecular weight excluding hydrogens is 416 g/mol. The molecule has 2 N–H and O–H groups in total. The van der Waals surface area contributed by atoms with Crippen molar-refractivity contribution in [2.45, 2.75) is 19.4 Å². The number of hydrogen-bond acceptors (Lipinski definition) is 5. The summed E-state index contributed by atoms with van der Waals surface area (Å²) in [7, 11) is 1.75. The number of para-hydroxylation sites is 1. The van der Waals surface area contributed by atoms with Gasteiger partial charge in [0.05, 0.1) is 0 Å². The van der Waals surface area contributed by atoms with Crippen LogP contribution < -0.4 is 15.5 Å². The lowest BCUT2D eigenvalue weighted by Gasteiger charge is -2.34. The van der Waals surface area contributed by atoms with Crippen LogP contribution in [0.15, 0.2) is 60.0 Å². The van der Waals surface area contributed by atoms with Gasteiger partial charge in [0.2, 0.25) is 11.9 Å². The van der Waals surface area contributed by atoms with Gasteiger partial charge in [-0.2, -0.15) is 0 Å². The van der Waals surface area contributed by atoms with Crippen LogP contribution >= 0.6 is 0 Å². The minimum Gasteiger partial charge on any atom is -0.356 e. The van der Waals surface area contributed by atoms with Gasteiger partial charge in [-0.25, -0.2) is 9.97 Å². The summed E-state index contributed by atoms with van der Waals surface area (Å²) >= 11 is 0. The Balaban J connectivity index is 1.12. The normalized spacial score (nSPS) is 14.5. The molecule has 2 aromatic heterocycles. The van der Waals surface area contributed by atoms with E-state index in [2.05, 4.69) is 71.6 Å². The highest BCUT2D eigenvalue weighted by Gasteiger charge is 2.22. The number of aromatic nitrogens is 3. The van der Waals surface area contributed by atoms with Crippen molar-refractivity contribution in [2.24, 2.45) is 4.99 Å². The van der Waals surface area contributed by atoms with Crippen molar-refractivity contribution in [1.82, 2.24) is 30.1 Å². The molecule has 1 aliphatic rings. The molecule has 174 valence electrons. The van der Waals surface area contributed by atoms with Crippen LogP contribution in [0.25, 0.3) is 10.9 Å². The Kier molecular flexibility index (Phi) is 7.73. The van der Waals surface area contributed by atoms with Crippen LogP contribution in [-0.2, 0) is 11.3 Å². The number of guanidine groups is 1. The molecule has 0 unspecified atom stereocenters. The molecule has 33 heavy (non-hydrogen) atoms. The predicted octanol–water partition coefficient (Wildman–Crippen LogP) is 1.73. The highest BCUT2D eigenvalue weighted by atomic mass is 16.2. The second kappa shape index (κ2) is 11.3. The molecule has 9 heteroatoms. The average molecular weight is 449 g/mol. The van der Waals surface area contributed by atoms with Gasteiger partial charge in [-0.3, -0.25) is 9.79 Å². The summed E-state index contributed by atoms with van der Waals surface area (Å²) < 4.78 is 2.27. The molecule has 0 spiro atoms. The van der Waals surface area contributed by atoms with Gasteiger partial charge in [-0.05, 0) is 30.0 Å². The summed E-state index contributed by atoms with van der Waals surface area (Å²) in [5.74, 6) is 1.61. The molecule has 0 aliphatic carbocycles. The van der Waals surface area contributed by atoms with Crippen molar-refractivity contribution >= 4 is 28.7 Å². The van der Waals surface area contributed by atoms with Gasteiger partial charge in [0.15, 0.2) is 5.96 Å². The lowest BCUT2D eigenvalue weighted by Crippen LogP contribution is -2.50. The fourth-order valence-corrected chi connectivity index (χ4v) is 4.07. The van der Waals surface area contributed by atoms with E-state index < -0.39 is 0 Å². The standard InChI is InChI=1S/C24H32N8O/c1-25-23(26-12-5-14-30-15-9-20-6-2-3-7-21(20)30)27-13-8-22(33)31-16-18-32(19-17-31)24-28-10-4-11-29-24/h2-4,6-7,9-11,15H,5,8,12-14,16-19H2,1H3,(H2,25,26,27). The Labute approximate surface area is 194 Å². The van der Waals surface area contributed by atoms with Crippen LogP contribution in [0, 0.1) is 0 Å². The molecular formula is C24H32N8O. The van der Waals surface area contributed by atoms with E-state index in [0.717, 1.165) is 44.5 Å². The van der Waals surface area contributed by atoms with Crippen molar-refractivity contribution in [2.75, 3.05) is 51.2 Å². The van der Waals surface area contributed by atoms with E-state index in [0.29, 0.717) is 26.1 Å². The molecule has 3 aromatic rings. The fraction of sp³-hybridized carbons (Fsp3) is 0.417. The van der Waals surface area contributed by atoms with Gasteiger partial charge in [-0.1, -0.05) is 18.2 Å². The topological polar surface area (TPSA) is 90.7 Å². The van der Waals surface area contributed by atoms with E-state index in [9.17, 15) is 4.79 Å². The monoisotopic (exact) mass is 448 g/mol. The number of benzene rings is 1. The number of anilines is 1. The van der Waals surface area contributed by atoms with E-state index in [1.54, 1.807) is 19.4 Å². The predicted molar refractivity (Wildman–Crippen MR) is 131 cm³/mol. The number of piperazine rings is 1. The maximum atomic E-state index is 12.6. The molecule has 1 fully saturated rings. The Morgan fingerprint density at radius 3 is 2.55 bits per heavy atom. The van der Waals surface area contributed by atoms with Crippen molar-refractivity contribution in [3.05, 3.63) is 55.0 Å². The first-order valence-electron chi connectivity index (χ1n) is 11.5. The molecule has 0 saturated carbocycles. The lowest BCUT2D eigenvalue weighted by molar-refractivity contribution is -0.131. The van der Waals surface area contributed by atoms with Gasteiger partial charge in [0, 0.05) is 83.4 Å². The summed E-state index contributed by atoms with van der Waals surface area (Å²) in [5.41, 5.74) is 1.26. The lowest BCUT2D eigenvalue weighted by atomic mass is 10.2. The van der Waals surface area contributed by atoms with Crippen molar-refractivity contribution in [3.63, 3.8) is 0 Å². The molecule has 0 radical (unpaired) electrons. The van der Waals surface area contributed by atoms with Crippen molar-refractivity contribution in [1.29, 1.82) is 0 Å². The maximum absolute atomic E-state index is 12.6. The van der Waals surface area contributed by atoms with E-state index in [1.165, 1.54) is 10.9 Å². The molecule has 4 rings (SSSR count). The van der Waals surface area contributed by atoms with Gasteiger partial charge in [0.1, 0.15) is 0 Å². The Bertz CT molecular complexity index is 1060. The smallest absolute Gasteiger partial charge is 0.225 e. The van der Waals surface area contributed by atoms with Crippen LogP contribution in [0.4, 0.5) is 5.95 Å². The Morgan fingerprint density at radius 1 is 1.00 bits per heavy atom. The van der Waals surface area contributed by atoms with E-state index >= 15 is 0 Å². The number of aryl methyl sites for hydroxylation is 1. The summed E-state index contributed by atoms with van der Waals surface area (Å²) in [5, 5.41) is 7.85. The first kappa shape index (κ1) is 22.6. The number of nitrogens with zero attached hydrogens (tertiary/aromatic N) is 6. The zero-order chi connectivity index (χ0) is 22.9. The SMILES string of the molecule is CN=C(NCCCn1ccc2ccccc21)NCCC(=O)N1CCN(c2ncccn2)CC1. The molecule has 1 amide bonds. The van der Waals surface area contributed by atoms with Gasteiger partial charge in [0.25, 0.3) is 0 Å². The third kappa shape index (κ3) is 6.00. The largest absolute Gasteiger partial charge is 0.356 e. The number of rotatable bonds is 8. The minimum absolute atomic E-state index is 0.158. The van der Waals surface area contributed by atoms with Gasteiger partial charge >= 0.3 is 0 Å². The van der Waals surface area contributed by atoms with Crippen molar-refractivity contribution < 1.29 is 4.79 Å². The molecule has 1 saturated heterocycles. The van der Waals surface area contributed by atoms with Crippen LogP contribution in [0.5, 0.6) is 0 Å². The summed E-state index contributed by atoms with van der Waals surface area (Å²) in [6, 6.07) is 12.4. The summed E-state index contributed by atoms with van der Waals surface area (Å²) in [4.78, 5) is 29.5. The molecule has 1 aromatic carbocycles. The summed E-state index contributed by atoms with van der Waals surface area (Å²) in [6.07, 6.45) is 7.05. The third-order valence-corrected chi connectivity index (χ3v) is 5.87.